The summed E-state index contributed by atoms with van der Waals surface area (Å²) in [5.74, 6) is 1.99. The second-order valence-corrected chi connectivity index (χ2v) is 10.2. The number of unbranched alkanes of at least 4 members (excludes halogenated alkanes) is 1. The van der Waals surface area contributed by atoms with Crippen molar-refractivity contribution < 1.29 is 14.3 Å². The van der Waals surface area contributed by atoms with Gasteiger partial charge in [-0.2, -0.15) is 0 Å². The highest BCUT2D eigenvalue weighted by atomic mass is 32.1. The van der Waals surface area contributed by atoms with Gasteiger partial charge >= 0.3 is 5.97 Å². The Morgan fingerprint density at radius 3 is 2.26 bits per heavy atom. The van der Waals surface area contributed by atoms with E-state index >= 15 is 0 Å². The minimum atomic E-state index is -0.340. The zero-order chi connectivity index (χ0) is 19.2. The molecule has 1 N–H and O–H groups in total. The molecule has 4 aliphatic carbocycles. The van der Waals surface area contributed by atoms with Crippen LogP contribution in [0.2, 0.25) is 0 Å². The second-order valence-electron chi connectivity index (χ2n) is 9.10. The molecule has 1 aromatic rings. The van der Waals surface area contributed by atoms with E-state index in [1.807, 2.05) is 6.92 Å². The van der Waals surface area contributed by atoms with Gasteiger partial charge in [-0.3, -0.25) is 4.79 Å². The number of thiophene rings is 1. The number of rotatable bonds is 6. The van der Waals surface area contributed by atoms with E-state index in [9.17, 15) is 9.59 Å². The van der Waals surface area contributed by atoms with Crippen LogP contribution in [0.15, 0.2) is 0 Å². The van der Waals surface area contributed by atoms with Crippen LogP contribution in [0, 0.1) is 30.1 Å². The van der Waals surface area contributed by atoms with E-state index in [-0.39, 0.29) is 17.3 Å². The largest absolute Gasteiger partial charge is 0.465 e. The minimum absolute atomic E-state index is 0.148. The fourth-order valence-corrected chi connectivity index (χ4v) is 7.43. The molecule has 4 saturated carbocycles. The van der Waals surface area contributed by atoms with Crippen molar-refractivity contribution in [2.45, 2.75) is 71.6 Å². The second kappa shape index (κ2) is 7.23. The quantitative estimate of drug-likeness (QED) is 0.668. The van der Waals surface area contributed by atoms with Crippen LogP contribution in [0.25, 0.3) is 0 Å². The summed E-state index contributed by atoms with van der Waals surface area (Å²) in [6, 6.07) is 0. The van der Waals surface area contributed by atoms with Crippen LogP contribution in [-0.4, -0.2) is 19.0 Å². The molecule has 0 unspecified atom stereocenters. The van der Waals surface area contributed by atoms with Gasteiger partial charge in [0, 0.05) is 4.88 Å². The van der Waals surface area contributed by atoms with Crippen molar-refractivity contribution in [1.29, 1.82) is 0 Å². The Kier molecular flexibility index (Phi) is 5.08. The van der Waals surface area contributed by atoms with Crippen molar-refractivity contribution in [2.75, 3.05) is 12.4 Å². The first-order chi connectivity index (χ1) is 13.0. The molecule has 0 aromatic carbocycles. The van der Waals surface area contributed by atoms with Crippen LogP contribution in [0.5, 0.6) is 0 Å². The van der Waals surface area contributed by atoms with E-state index in [4.69, 9.17) is 4.74 Å². The summed E-state index contributed by atoms with van der Waals surface area (Å²) in [6.07, 6.45) is 10.2. The number of carbonyl (C=O) groups is 2. The average Bonchev–Trinajstić information content (AvgIpc) is 2.93. The summed E-state index contributed by atoms with van der Waals surface area (Å²) >= 11 is 1.57. The van der Waals surface area contributed by atoms with Gasteiger partial charge in [-0.1, -0.05) is 13.3 Å². The third kappa shape index (κ3) is 3.32. The summed E-state index contributed by atoms with van der Waals surface area (Å²) in [5, 5.41) is 3.90. The molecule has 0 saturated heterocycles. The molecule has 4 bridgehead atoms. The topological polar surface area (TPSA) is 55.4 Å². The maximum Gasteiger partial charge on any atom is 0.341 e. The number of anilines is 1. The van der Waals surface area contributed by atoms with Gasteiger partial charge in [-0.15, -0.1) is 11.3 Å². The summed E-state index contributed by atoms with van der Waals surface area (Å²) in [7, 11) is 1.41. The van der Waals surface area contributed by atoms with Crippen LogP contribution in [0.4, 0.5) is 5.00 Å². The first kappa shape index (κ1) is 19.0. The Bertz CT molecular complexity index is 716. The lowest BCUT2D eigenvalue weighted by molar-refractivity contribution is -0.140. The number of hydrogen-bond donors (Lipinski definition) is 1. The van der Waals surface area contributed by atoms with Gasteiger partial charge in [0.05, 0.1) is 18.1 Å². The maximum atomic E-state index is 13.4. The SMILES string of the molecule is CCCCc1sc(NC(=O)C23CC4CC(CC(C4)C2)C3)c(C(=O)OC)c1C. The number of methoxy groups -OCH3 is 1. The third-order valence-corrected chi connectivity index (χ3v) is 8.41. The Labute approximate surface area is 166 Å². The average molecular weight is 390 g/mol. The molecule has 1 heterocycles. The highest BCUT2D eigenvalue weighted by Crippen LogP contribution is 2.60. The first-order valence-electron chi connectivity index (χ1n) is 10.5. The zero-order valence-electron chi connectivity index (χ0n) is 16.7. The Balaban J connectivity index is 1.60. The van der Waals surface area contributed by atoms with Crippen molar-refractivity contribution in [3.05, 3.63) is 16.0 Å². The number of nitrogens with one attached hydrogen (secondary N) is 1. The maximum absolute atomic E-state index is 13.4. The number of aryl methyl sites for hydroxylation is 1. The smallest absolute Gasteiger partial charge is 0.341 e. The molecule has 4 nitrogen and oxygen atoms in total. The minimum Gasteiger partial charge on any atom is -0.465 e. The predicted molar refractivity (Wildman–Crippen MR) is 108 cm³/mol. The summed E-state index contributed by atoms with van der Waals surface area (Å²) in [5.41, 5.74) is 1.33. The lowest BCUT2D eigenvalue weighted by atomic mass is 9.49. The van der Waals surface area contributed by atoms with Crippen molar-refractivity contribution >= 4 is 28.2 Å². The molecular weight excluding hydrogens is 358 g/mol. The summed E-state index contributed by atoms with van der Waals surface area (Å²) < 4.78 is 5.02. The number of esters is 1. The van der Waals surface area contributed by atoms with Gasteiger partial charge < -0.3 is 10.1 Å². The van der Waals surface area contributed by atoms with Crippen LogP contribution in [0.1, 0.15) is 79.1 Å². The van der Waals surface area contributed by atoms with Gasteiger partial charge in [0.2, 0.25) is 5.91 Å². The van der Waals surface area contributed by atoms with E-state index in [0.29, 0.717) is 10.6 Å². The molecule has 1 aromatic heterocycles. The van der Waals surface area contributed by atoms with E-state index in [0.717, 1.165) is 61.8 Å². The lowest BCUT2D eigenvalue weighted by Gasteiger charge is -2.55. The number of hydrogen-bond acceptors (Lipinski definition) is 4. The molecule has 1 amide bonds. The first-order valence-corrected chi connectivity index (χ1v) is 11.3. The monoisotopic (exact) mass is 389 g/mol. The van der Waals surface area contributed by atoms with Gasteiger partial charge in [-0.05, 0) is 81.6 Å². The van der Waals surface area contributed by atoms with E-state index in [1.54, 1.807) is 11.3 Å². The predicted octanol–water partition coefficient (Wildman–Crippen LogP) is 5.34. The molecule has 5 heteroatoms. The lowest BCUT2D eigenvalue weighted by Crippen LogP contribution is -2.51. The Morgan fingerprint density at radius 2 is 1.74 bits per heavy atom. The molecule has 0 atom stereocenters. The van der Waals surface area contributed by atoms with Crippen LogP contribution >= 0.6 is 11.3 Å². The molecule has 4 aliphatic rings. The van der Waals surface area contributed by atoms with Crippen molar-refractivity contribution in [3.8, 4) is 0 Å². The molecule has 27 heavy (non-hydrogen) atoms. The number of ether oxygens (including phenoxy) is 1. The highest BCUT2D eigenvalue weighted by molar-refractivity contribution is 7.17. The van der Waals surface area contributed by atoms with Gasteiger partial charge in [0.15, 0.2) is 0 Å². The molecular formula is C22H31NO3S. The summed E-state index contributed by atoms with van der Waals surface area (Å²) in [4.78, 5) is 27.0. The molecule has 0 radical (unpaired) electrons. The van der Waals surface area contributed by atoms with E-state index in [2.05, 4.69) is 12.2 Å². The Hall–Kier alpha value is -1.36. The molecule has 0 spiro atoms. The van der Waals surface area contributed by atoms with Gasteiger partial charge in [0.1, 0.15) is 5.00 Å². The molecule has 5 rings (SSSR count). The number of amides is 1. The summed E-state index contributed by atoms with van der Waals surface area (Å²) in [6.45, 7) is 4.15. The molecule has 148 valence electrons. The standard InChI is InChI=1S/C22H31NO3S/c1-4-5-6-17-13(2)18(20(24)26-3)19(27-17)23-21(25)22-10-14-7-15(11-22)9-16(8-14)12-22/h14-16H,4-12H2,1-3H3,(H,23,25). The Morgan fingerprint density at radius 1 is 1.15 bits per heavy atom. The van der Waals surface area contributed by atoms with Crippen molar-refractivity contribution in [3.63, 3.8) is 0 Å². The van der Waals surface area contributed by atoms with Crippen LogP contribution in [0.3, 0.4) is 0 Å². The van der Waals surface area contributed by atoms with E-state index < -0.39 is 0 Å². The highest BCUT2D eigenvalue weighted by Gasteiger charge is 2.54. The fourth-order valence-electron chi connectivity index (χ4n) is 6.20. The van der Waals surface area contributed by atoms with Crippen molar-refractivity contribution in [2.24, 2.45) is 23.2 Å². The van der Waals surface area contributed by atoms with Gasteiger partial charge in [-0.25, -0.2) is 4.79 Å². The van der Waals surface area contributed by atoms with Crippen LogP contribution < -0.4 is 5.32 Å². The normalized spacial score (nSPS) is 31.1. The molecule has 4 fully saturated rings. The molecule has 0 aliphatic heterocycles. The zero-order valence-corrected chi connectivity index (χ0v) is 17.5. The fraction of sp³-hybridized carbons (Fsp3) is 0.727. The number of carbonyl (C=O) groups excluding carboxylic acids is 2. The third-order valence-electron chi connectivity index (χ3n) is 7.14. The van der Waals surface area contributed by atoms with Crippen LogP contribution in [-0.2, 0) is 16.0 Å². The van der Waals surface area contributed by atoms with Crippen molar-refractivity contribution in [1.82, 2.24) is 0 Å². The van der Waals surface area contributed by atoms with Gasteiger partial charge in [0.25, 0.3) is 0 Å². The van der Waals surface area contributed by atoms with E-state index in [1.165, 1.54) is 31.2 Å².